The van der Waals surface area contributed by atoms with Gasteiger partial charge in [0.15, 0.2) is 0 Å². The molecule has 0 bridgehead atoms. The molecule has 0 aliphatic heterocycles. The number of nitrogens with zero attached hydrogens (tertiary/aromatic N) is 3. The van der Waals surface area contributed by atoms with Crippen LogP contribution in [0.5, 0.6) is 5.88 Å². The van der Waals surface area contributed by atoms with Crippen molar-refractivity contribution < 1.29 is 13.2 Å². The number of anilines is 1. The Hall–Kier alpha value is -3.43. The van der Waals surface area contributed by atoms with Crippen LogP contribution in [0, 0.1) is 0 Å². The van der Waals surface area contributed by atoms with Crippen LogP contribution in [0.25, 0.3) is 22.2 Å². The maximum absolute atomic E-state index is 13.1. The summed E-state index contributed by atoms with van der Waals surface area (Å²) < 4.78 is 36.0. The molecule has 178 valence electrons. The summed E-state index contributed by atoms with van der Waals surface area (Å²) in [7, 11) is -2.46. The SMILES string of the molecule is COc1ncc(-c2ccc3nc(N)n([C@@H](C)c4ccccc4)c3c2)cc1S(=O)(=O)NC(C)(C)C. The molecule has 0 saturated carbocycles. The number of nitrogens with two attached hydrogens (primary N) is 1. The molecule has 3 N–H and O–H groups in total. The maximum Gasteiger partial charge on any atom is 0.246 e. The number of sulfonamides is 1. The van der Waals surface area contributed by atoms with Crippen molar-refractivity contribution in [3.63, 3.8) is 0 Å². The number of hydrogen-bond donors (Lipinski definition) is 2. The fourth-order valence-corrected chi connectivity index (χ4v) is 5.54. The summed E-state index contributed by atoms with van der Waals surface area (Å²) in [4.78, 5) is 8.77. The van der Waals surface area contributed by atoms with E-state index in [9.17, 15) is 8.42 Å². The van der Waals surface area contributed by atoms with E-state index < -0.39 is 15.6 Å². The fourth-order valence-electron chi connectivity index (χ4n) is 3.97. The van der Waals surface area contributed by atoms with Crippen LogP contribution in [0.2, 0.25) is 0 Å². The van der Waals surface area contributed by atoms with E-state index in [1.54, 1.807) is 33.0 Å². The van der Waals surface area contributed by atoms with Crippen LogP contribution in [0.1, 0.15) is 39.3 Å². The lowest BCUT2D eigenvalue weighted by atomic mass is 10.1. The van der Waals surface area contributed by atoms with Gasteiger partial charge >= 0.3 is 0 Å². The van der Waals surface area contributed by atoms with Gasteiger partial charge in [0.1, 0.15) is 4.90 Å². The van der Waals surface area contributed by atoms with Crippen LogP contribution in [0.4, 0.5) is 5.95 Å². The third-order valence-corrected chi connectivity index (χ3v) is 7.21. The van der Waals surface area contributed by atoms with E-state index in [1.807, 2.05) is 53.1 Å². The van der Waals surface area contributed by atoms with Gasteiger partial charge in [-0.1, -0.05) is 36.4 Å². The third-order valence-electron chi connectivity index (χ3n) is 5.46. The molecule has 2 aromatic carbocycles. The number of nitrogens with one attached hydrogen (secondary N) is 1. The quantitative estimate of drug-likeness (QED) is 0.425. The van der Waals surface area contributed by atoms with E-state index in [0.29, 0.717) is 11.5 Å². The van der Waals surface area contributed by atoms with Gasteiger partial charge in [-0.2, -0.15) is 0 Å². The zero-order chi connectivity index (χ0) is 24.7. The predicted octanol–water partition coefficient (Wildman–Crippen LogP) is 4.38. The summed E-state index contributed by atoms with van der Waals surface area (Å²) in [6.07, 6.45) is 1.60. The van der Waals surface area contributed by atoms with Crippen LogP contribution >= 0.6 is 0 Å². The van der Waals surface area contributed by atoms with E-state index in [4.69, 9.17) is 10.5 Å². The summed E-state index contributed by atoms with van der Waals surface area (Å²) >= 11 is 0. The Bertz CT molecular complexity index is 1440. The molecule has 0 fully saturated rings. The molecule has 1 atom stereocenters. The summed E-state index contributed by atoms with van der Waals surface area (Å²) in [5, 5.41) is 0. The lowest BCUT2D eigenvalue weighted by Crippen LogP contribution is -2.40. The fraction of sp³-hybridized carbons (Fsp3) is 0.280. The molecule has 8 nitrogen and oxygen atoms in total. The summed E-state index contributed by atoms with van der Waals surface area (Å²) in [5.74, 6) is 0.447. The van der Waals surface area contributed by atoms with Gasteiger partial charge in [-0.15, -0.1) is 0 Å². The van der Waals surface area contributed by atoms with Crippen molar-refractivity contribution in [3.8, 4) is 17.0 Å². The topological polar surface area (TPSA) is 112 Å². The van der Waals surface area contributed by atoms with Gasteiger partial charge in [0, 0.05) is 17.3 Å². The van der Waals surface area contributed by atoms with Crippen molar-refractivity contribution in [2.45, 2.75) is 44.2 Å². The maximum atomic E-state index is 13.1. The molecule has 4 aromatic rings. The van der Waals surface area contributed by atoms with Crippen molar-refractivity contribution >= 4 is 27.0 Å². The van der Waals surface area contributed by atoms with Crippen molar-refractivity contribution in [2.24, 2.45) is 0 Å². The number of methoxy groups -OCH3 is 1. The summed E-state index contributed by atoms with van der Waals surface area (Å²) in [5.41, 5.74) is 9.77. The standard InChI is InChI=1S/C25H29N5O3S/c1-16(17-9-7-6-8-10-17)30-21-13-18(11-12-20(21)28-24(30)26)19-14-22(23(33-5)27-15-19)34(31,32)29-25(2,3)4/h6-16,29H,1-5H3,(H2,26,28)/t16-/m0/s1. The molecule has 0 unspecified atom stereocenters. The summed E-state index contributed by atoms with van der Waals surface area (Å²) in [6.45, 7) is 7.41. The van der Waals surface area contributed by atoms with Crippen LogP contribution in [-0.2, 0) is 10.0 Å². The largest absolute Gasteiger partial charge is 0.480 e. The molecule has 0 aliphatic rings. The Morgan fingerprint density at radius 1 is 1.06 bits per heavy atom. The first-order chi connectivity index (χ1) is 16.0. The second kappa shape index (κ2) is 8.73. The van der Waals surface area contributed by atoms with Gasteiger partial charge in [0.2, 0.25) is 21.9 Å². The first-order valence-corrected chi connectivity index (χ1v) is 12.4. The second-order valence-corrected chi connectivity index (χ2v) is 10.9. The molecular weight excluding hydrogens is 450 g/mol. The Morgan fingerprint density at radius 3 is 2.41 bits per heavy atom. The minimum Gasteiger partial charge on any atom is -0.480 e. The zero-order valence-electron chi connectivity index (χ0n) is 19.9. The number of fused-ring (bicyclic) bond motifs is 1. The van der Waals surface area contributed by atoms with Crippen LogP contribution in [0.3, 0.4) is 0 Å². The van der Waals surface area contributed by atoms with Crippen LogP contribution in [-0.4, -0.2) is 35.6 Å². The summed E-state index contributed by atoms with van der Waals surface area (Å²) in [6, 6.07) is 17.3. The van der Waals surface area contributed by atoms with Gasteiger partial charge in [-0.25, -0.2) is 23.1 Å². The normalized spacial score (nSPS) is 13.2. The average molecular weight is 480 g/mol. The first-order valence-electron chi connectivity index (χ1n) is 10.9. The number of aromatic nitrogens is 3. The molecule has 4 rings (SSSR count). The number of pyridine rings is 1. The Morgan fingerprint density at radius 2 is 1.76 bits per heavy atom. The molecular formula is C25H29N5O3S. The zero-order valence-corrected chi connectivity index (χ0v) is 20.7. The molecule has 0 radical (unpaired) electrons. The number of hydrogen-bond acceptors (Lipinski definition) is 6. The number of imidazole rings is 1. The molecule has 0 amide bonds. The van der Waals surface area contributed by atoms with E-state index in [1.165, 1.54) is 7.11 Å². The van der Waals surface area contributed by atoms with Crippen molar-refractivity contribution in [2.75, 3.05) is 12.8 Å². The van der Waals surface area contributed by atoms with Gasteiger partial charge in [-0.05, 0) is 57.0 Å². The van der Waals surface area contributed by atoms with Crippen LogP contribution < -0.4 is 15.2 Å². The molecule has 2 aromatic heterocycles. The predicted molar refractivity (Wildman–Crippen MR) is 134 cm³/mol. The number of ether oxygens (including phenoxy) is 1. The van der Waals surface area contributed by atoms with Gasteiger partial charge in [0.05, 0.1) is 24.2 Å². The highest BCUT2D eigenvalue weighted by atomic mass is 32.2. The van der Waals surface area contributed by atoms with Crippen molar-refractivity contribution in [1.29, 1.82) is 0 Å². The molecule has 0 saturated heterocycles. The molecule has 34 heavy (non-hydrogen) atoms. The lowest BCUT2D eigenvalue weighted by Gasteiger charge is -2.21. The minimum absolute atomic E-state index is 0.0202. The molecule has 2 heterocycles. The molecule has 0 spiro atoms. The molecule has 9 heteroatoms. The van der Waals surface area contributed by atoms with Crippen molar-refractivity contribution in [1.82, 2.24) is 19.3 Å². The second-order valence-electron chi connectivity index (χ2n) is 9.22. The minimum atomic E-state index is -3.86. The Balaban J connectivity index is 1.83. The number of rotatable bonds is 6. The van der Waals surface area contributed by atoms with E-state index >= 15 is 0 Å². The smallest absolute Gasteiger partial charge is 0.246 e. The van der Waals surface area contributed by atoms with Gasteiger partial charge in [0.25, 0.3) is 0 Å². The lowest BCUT2D eigenvalue weighted by molar-refractivity contribution is 0.384. The van der Waals surface area contributed by atoms with Gasteiger partial charge < -0.3 is 15.0 Å². The third kappa shape index (κ3) is 4.62. The van der Waals surface area contributed by atoms with E-state index in [2.05, 4.69) is 21.6 Å². The number of benzene rings is 2. The first kappa shape index (κ1) is 23.7. The Kier molecular flexibility index (Phi) is 6.09. The Labute approximate surface area is 199 Å². The average Bonchev–Trinajstić information content (AvgIpc) is 3.12. The molecule has 0 aliphatic carbocycles. The van der Waals surface area contributed by atoms with Crippen LogP contribution in [0.15, 0.2) is 65.7 Å². The monoisotopic (exact) mass is 479 g/mol. The number of nitrogen functional groups attached to an aromatic ring is 1. The van der Waals surface area contributed by atoms with Gasteiger partial charge in [-0.3, -0.25) is 0 Å². The highest BCUT2D eigenvalue weighted by molar-refractivity contribution is 7.89. The van der Waals surface area contributed by atoms with Crippen molar-refractivity contribution in [3.05, 3.63) is 66.4 Å². The highest BCUT2D eigenvalue weighted by Gasteiger charge is 2.27. The van der Waals surface area contributed by atoms with E-state index in [-0.39, 0.29) is 16.8 Å². The highest BCUT2D eigenvalue weighted by Crippen LogP contribution is 2.33. The van der Waals surface area contributed by atoms with E-state index in [0.717, 1.165) is 22.2 Å².